The van der Waals surface area contributed by atoms with Crippen molar-refractivity contribution < 1.29 is 35.4 Å². The number of hydrogen-bond acceptors (Lipinski definition) is 1. The van der Waals surface area contributed by atoms with E-state index in [2.05, 4.69) is 18.2 Å². The fourth-order valence-corrected chi connectivity index (χ4v) is 2.35. The maximum atomic E-state index is 5.72. The van der Waals surface area contributed by atoms with Gasteiger partial charge in [-0.25, -0.2) is 0 Å². The van der Waals surface area contributed by atoms with E-state index >= 15 is 0 Å². The van der Waals surface area contributed by atoms with E-state index in [1.54, 1.807) is 0 Å². The van der Waals surface area contributed by atoms with Gasteiger partial charge in [-0.3, -0.25) is 0 Å². The molecule has 1 aromatic carbocycles. The van der Waals surface area contributed by atoms with E-state index in [4.69, 9.17) is 4.43 Å². The summed E-state index contributed by atoms with van der Waals surface area (Å²) in [4.78, 5) is 0. The molecule has 0 N–H and O–H groups in total. The van der Waals surface area contributed by atoms with Gasteiger partial charge >= 0.3 is 29.6 Å². The van der Waals surface area contributed by atoms with Crippen molar-refractivity contribution in [1.82, 2.24) is 0 Å². The van der Waals surface area contributed by atoms with Crippen LogP contribution in [0.3, 0.4) is 0 Å². The molecule has 0 heterocycles. The van der Waals surface area contributed by atoms with Crippen LogP contribution in [0.2, 0.25) is 0 Å². The second-order valence-corrected chi connectivity index (χ2v) is 4.54. The molecule has 0 aromatic heterocycles. The predicted molar refractivity (Wildman–Crippen MR) is 58.6 cm³/mol. The second kappa shape index (κ2) is 6.25. The molecule has 0 amide bonds. The number of hydrogen-bond donors (Lipinski definition) is 0. The minimum absolute atomic E-state index is 0. The van der Waals surface area contributed by atoms with Crippen LogP contribution in [0.5, 0.6) is 5.75 Å². The first-order chi connectivity index (χ1) is 6.45. The number of rotatable bonds is 3. The molecule has 2 rings (SSSR count). The zero-order chi connectivity index (χ0) is 8.93. The number of allylic oxidation sites excluding steroid dienone is 4. The molecule has 1 aliphatic carbocycles. The van der Waals surface area contributed by atoms with Crippen LogP contribution >= 0.6 is 0 Å². The van der Waals surface area contributed by atoms with Crippen LogP contribution in [-0.2, 0) is 0 Å². The molecule has 1 aliphatic rings. The van der Waals surface area contributed by atoms with Gasteiger partial charge in [-0.15, -0.1) is 0 Å². The molecule has 0 unspecified atom stereocenters. The summed E-state index contributed by atoms with van der Waals surface area (Å²) in [5, 5.41) is 1.48. The third-order valence-corrected chi connectivity index (χ3v) is 3.39. The summed E-state index contributed by atoms with van der Waals surface area (Å²) < 4.78 is 5.72. The molecule has 3 heteroatoms. The molecule has 1 aromatic rings. The fourth-order valence-electron chi connectivity index (χ4n) is 1.29. The van der Waals surface area contributed by atoms with Gasteiger partial charge in [0.2, 0.25) is 9.76 Å². The zero-order valence-electron chi connectivity index (χ0n) is 9.44. The van der Waals surface area contributed by atoms with Gasteiger partial charge < -0.3 is 5.85 Å². The third kappa shape index (κ3) is 3.46. The van der Waals surface area contributed by atoms with Crippen molar-refractivity contribution in [1.29, 1.82) is 0 Å². The summed E-state index contributed by atoms with van der Waals surface area (Å²) >= 11 is 0. The van der Waals surface area contributed by atoms with Gasteiger partial charge in [0.1, 0.15) is 5.75 Å². The first-order valence-electron chi connectivity index (χ1n) is 4.47. The Morgan fingerprint density at radius 1 is 1.21 bits per heavy atom. The van der Waals surface area contributed by atoms with Crippen molar-refractivity contribution in [2.75, 3.05) is 0 Å². The summed E-state index contributed by atoms with van der Waals surface area (Å²) in [6.45, 7) is 0. The average molecular weight is 212 g/mol. The van der Waals surface area contributed by atoms with Gasteiger partial charge in [-0.05, 0) is 23.7 Å². The molecule has 0 bridgehead atoms. The Labute approximate surface area is 111 Å². The quantitative estimate of drug-likeness (QED) is 0.591. The van der Waals surface area contributed by atoms with E-state index in [1.165, 1.54) is 5.20 Å². The maximum absolute atomic E-state index is 5.72. The van der Waals surface area contributed by atoms with Gasteiger partial charge in [-0.2, -0.15) is 0 Å². The summed E-state index contributed by atoms with van der Waals surface area (Å²) in [6.07, 6.45) is 7.56. The second-order valence-electron chi connectivity index (χ2n) is 3.06. The molecular formula is C11H13NaOSi. The summed E-state index contributed by atoms with van der Waals surface area (Å²) in [7, 11) is -0.512. The van der Waals surface area contributed by atoms with Crippen molar-refractivity contribution in [3.05, 3.63) is 53.8 Å². The third-order valence-electron chi connectivity index (χ3n) is 2.02. The van der Waals surface area contributed by atoms with Crippen molar-refractivity contribution >= 4 is 9.76 Å². The summed E-state index contributed by atoms with van der Waals surface area (Å²) in [5.74, 6) is 1.00. The summed E-state index contributed by atoms with van der Waals surface area (Å²) in [6, 6.07) is 10.0. The van der Waals surface area contributed by atoms with E-state index < -0.39 is 9.76 Å². The molecule has 68 valence electrons. The topological polar surface area (TPSA) is 9.23 Å². The molecule has 1 nitrogen and oxygen atoms in total. The molecule has 0 fully saturated rings. The van der Waals surface area contributed by atoms with Gasteiger partial charge in [0.15, 0.2) is 0 Å². The van der Waals surface area contributed by atoms with Crippen LogP contribution in [0.4, 0.5) is 0 Å². The van der Waals surface area contributed by atoms with Gasteiger partial charge in [0, 0.05) is 0 Å². The standard InChI is InChI=1S/C11H12OSi.Na.H/c1-2-6-10(7-3-1)12-13-11-8-4-5-9-11;;/h1-8H,9,13H2;;/q;+1;-1. The van der Waals surface area contributed by atoms with E-state index in [0.29, 0.717) is 0 Å². The molecule has 14 heavy (non-hydrogen) atoms. The van der Waals surface area contributed by atoms with Crippen LogP contribution in [0.15, 0.2) is 53.8 Å². The SMILES string of the molecule is C1=CCC([SiH2]Oc2ccccc2)=C1.[H-].[Na+]. The minimum Gasteiger partial charge on any atom is -1.00 e. The van der Waals surface area contributed by atoms with Crippen molar-refractivity contribution in [2.45, 2.75) is 6.42 Å². The average Bonchev–Trinajstić information content (AvgIpc) is 2.69. The Bertz CT molecular complexity index is 338. The molecule has 0 spiro atoms. The van der Waals surface area contributed by atoms with E-state index in [-0.39, 0.29) is 31.0 Å². The van der Waals surface area contributed by atoms with E-state index in [1.807, 2.05) is 30.3 Å². The number of para-hydroxylation sites is 1. The van der Waals surface area contributed by atoms with Crippen LogP contribution in [0.1, 0.15) is 7.85 Å². The molecule has 0 saturated heterocycles. The summed E-state index contributed by atoms with van der Waals surface area (Å²) in [5.41, 5.74) is 0. The first-order valence-corrected chi connectivity index (χ1v) is 5.76. The molecule has 0 atom stereocenters. The van der Waals surface area contributed by atoms with Crippen LogP contribution in [0.25, 0.3) is 0 Å². The minimum atomic E-state index is -0.512. The first kappa shape index (κ1) is 11.8. The molecule has 0 radical (unpaired) electrons. The van der Waals surface area contributed by atoms with E-state index in [9.17, 15) is 0 Å². The van der Waals surface area contributed by atoms with Crippen molar-refractivity contribution in [3.63, 3.8) is 0 Å². The Balaban J connectivity index is 0.000000980. The van der Waals surface area contributed by atoms with Crippen LogP contribution in [-0.4, -0.2) is 9.76 Å². The predicted octanol–water partition coefficient (Wildman–Crippen LogP) is -0.891. The van der Waals surface area contributed by atoms with E-state index in [0.717, 1.165) is 12.2 Å². The van der Waals surface area contributed by atoms with Gasteiger partial charge in [0.05, 0.1) is 0 Å². The Morgan fingerprint density at radius 3 is 2.64 bits per heavy atom. The maximum Gasteiger partial charge on any atom is 1.00 e. The van der Waals surface area contributed by atoms with Crippen LogP contribution < -0.4 is 34.0 Å². The van der Waals surface area contributed by atoms with Gasteiger partial charge in [0.25, 0.3) is 0 Å². The molecule has 0 saturated carbocycles. The Kier molecular flexibility index (Phi) is 5.26. The monoisotopic (exact) mass is 212 g/mol. The molecule has 0 aliphatic heterocycles. The molecular weight excluding hydrogens is 199 g/mol. The van der Waals surface area contributed by atoms with Crippen molar-refractivity contribution in [2.24, 2.45) is 0 Å². The van der Waals surface area contributed by atoms with Crippen molar-refractivity contribution in [3.8, 4) is 5.75 Å². The number of benzene rings is 1. The fraction of sp³-hybridized carbons (Fsp3) is 0.0909. The Hall–Kier alpha value is -0.283. The normalized spacial score (nSPS) is 14.1. The smallest absolute Gasteiger partial charge is 1.00 e. The zero-order valence-corrected chi connectivity index (χ0v) is 11.9. The Morgan fingerprint density at radius 2 is 2.00 bits per heavy atom. The van der Waals surface area contributed by atoms with Crippen LogP contribution in [0, 0.1) is 0 Å². The van der Waals surface area contributed by atoms with Gasteiger partial charge in [-0.1, -0.05) is 36.4 Å². The largest absolute Gasteiger partial charge is 1.00 e.